The summed E-state index contributed by atoms with van der Waals surface area (Å²) in [6, 6.07) is 13.1. The van der Waals surface area contributed by atoms with Gasteiger partial charge in [-0.3, -0.25) is 4.79 Å². The van der Waals surface area contributed by atoms with Crippen molar-refractivity contribution in [3.05, 3.63) is 53.6 Å². The van der Waals surface area contributed by atoms with E-state index in [-0.39, 0.29) is 17.6 Å². The number of phenolic OH excluding ortho intramolecular Hbond substituents is 1. The summed E-state index contributed by atoms with van der Waals surface area (Å²) in [5.41, 5.74) is 3.75. The van der Waals surface area contributed by atoms with Crippen LogP contribution in [0, 0.1) is 12.8 Å². The van der Waals surface area contributed by atoms with Crippen molar-refractivity contribution in [3.8, 4) is 5.75 Å². The molecule has 4 heteroatoms. The molecule has 0 fully saturated rings. The number of amides is 1. The van der Waals surface area contributed by atoms with E-state index in [1.807, 2.05) is 31.2 Å². The van der Waals surface area contributed by atoms with Gasteiger partial charge in [-0.05, 0) is 48.7 Å². The molecule has 1 amide bonds. The number of benzene rings is 2. The maximum Gasteiger partial charge on any atom is 0.229 e. The predicted molar refractivity (Wildman–Crippen MR) is 83.6 cm³/mol. The lowest BCUT2D eigenvalue weighted by atomic mass is 9.93. The molecule has 0 aromatic heterocycles. The molecule has 0 spiro atoms. The Balaban J connectivity index is 1.70. The maximum absolute atomic E-state index is 12.4. The van der Waals surface area contributed by atoms with Crippen LogP contribution in [0.1, 0.15) is 11.1 Å². The maximum atomic E-state index is 12.4. The van der Waals surface area contributed by atoms with Crippen LogP contribution < -0.4 is 10.6 Å². The molecule has 2 aromatic rings. The van der Waals surface area contributed by atoms with Gasteiger partial charge in [-0.25, -0.2) is 0 Å². The molecule has 108 valence electrons. The van der Waals surface area contributed by atoms with Gasteiger partial charge in [0, 0.05) is 17.9 Å². The van der Waals surface area contributed by atoms with E-state index in [9.17, 15) is 9.90 Å². The van der Waals surface area contributed by atoms with Crippen molar-refractivity contribution in [2.24, 2.45) is 5.92 Å². The summed E-state index contributed by atoms with van der Waals surface area (Å²) in [4.78, 5) is 12.4. The van der Waals surface area contributed by atoms with E-state index in [2.05, 4.69) is 10.6 Å². The van der Waals surface area contributed by atoms with E-state index in [4.69, 9.17) is 0 Å². The van der Waals surface area contributed by atoms with Crippen molar-refractivity contribution in [3.63, 3.8) is 0 Å². The van der Waals surface area contributed by atoms with Gasteiger partial charge in [0.05, 0.1) is 5.92 Å². The first-order valence-corrected chi connectivity index (χ1v) is 7.06. The molecule has 1 aliphatic heterocycles. The number of carbonyl (C=O) groups is 1. The van der Waals surface area contributed by atoms with E-state index >= 15 is 0 Å². The van der Waals surface area contributed by atoms with Gasteiger partial charge >= 0.3 is 0 Å². The Morgan fingerprint density at radius 1 is 1.29 bits per heavy atom. The molecule has 2 aromatic carbocycles. The number of phenols is 1. The van der Waals surface area contributed by atoms with Crippen molar-refractivity contribution in [2.75, 3.05) is 17.2 Å². The molecule has 1 heterocycles. The van der Waals surface area contributed by atoms with Crippen molar-refractivity contribution >= 4 is 17.3 Å². The summed E-state index contributed by atoms with van der Waals surface area (Å²) in [7, 11) is 0. The molecule has 1 aliphatic rings. The molecule has 0 saturated heterocycles. The standard InChI is InChI=1S/C17H18N2O2/c1-11-8-14(6-7-16(11)20)19-17(21)13-9-12-4-2-3-5-15(12)18-10-13/h2-8,13,18,20H,9-10H2,1H3,(H,19,21). The number of carbonyl (C=O) groups excluding carboxylic acids is 1. The number of hydrogen-bond donors (Lipinski definition) is 3. The van der Waals surface area contributed by atoms with Gasteiger partial charge in [-0.15, -0.1) is 0 Å². The second-order valence-corrected chi connectivity index (χ2v) is 5.43. The van der Waals surface area contributed by atoms with E-state index in [1.165, 1.54) is 5.56 Å². The fraction of sp³-hybridized carbons (Fsp3) is 0.235. The van der Waals surface area contributed by atoms with Gasteiger partial charge in [0.25, 0.3) is 0 Å². The van der Waals surface area contributed by atoms with Gasteiger partial charge < -0.3 is 15.7 Å². The van der Waals surface area contributed by atoms with Gasteiger partial charge in [0.1, 0.15) is 5.75 Å². The van der Waals surface area contributed by atoms with Gasteiger partial charge in [-0.2, -0.15) is 0 Å². The normalized spacial score (nSPS) is 16.7. The first kappa shape index (κ1) is 13.5. The first-order valence-electron chi connectivity index (χ1n) is 7.06. The highest BCUT2D eigenvalue weighted by Gasteiger charge is 2.24. The van der Waals surface area contributed by atoms with Gasteiger partial charge in [0.2, 0.25) is 5.91 Å². The third-order valence-corrected chi connectivity index (χ3v) is 3.86. The number of nitrogens with one attached hydrogen (secondary N) is 2. The Morgan fingerprint density at radius 2 is 2.10 bits per heavy atom. The van der Waals surface area contributed by atoms with Crippen molar-refractivity contribution in [1.29, 1.82) is 0 Å². The van der Waals surface area contributed by atoms with Crippen LogP contribution in [-0.4, -0.2) is 17.6 Å². The Morgan fingerprint density at radius 3 is 2.90 bits per heavy atom. The number of aryl methyl sites for hydroxylation is 1. The highest BCUT2D eigenvalue weighted by Crippen LogP contribution is 2.26. The monoisotopic (exact) mass is 282 g/mol. The first-order chi connectivity index (χ1) is 10.1. The molecule has 0 radical (unpaired) electrons. The quantitative estimate of drug-likeness (QED) is 0.742. The number of para-hydroxylation sites is 1. The highest BCUT2D eigenvalue weighted by molar-refractivity contribution is 5.93. The summed E-state index contributed by atoms with van der Waals surface area (Å²) in [6.45, 7) is 2.45. The fourth-order valence-electron chi connectivity index (χ4n) is 2.60. The third-order valence-electron chi connectivity index (χ3n) is 3.86. The van der Waals surface area contributed by atoms with Crippen LogP contribution in [0.4, 0.5) is 11.4 Å². The lowest BCUT2D eigenvalue weighted by Gasteiger charge is -2.25. The van der Waals surface area contributed by atoms with Crippen LogP contribution >= 0.6 is 0 Å². The third kappa shape index (κ3) is 2.84. The average Bonchev–Trinajstić information content (AvgIpc) is 2.50. The minimum atomic E-state index is -0.0889. The fourth-order valence-corrected chi connectivity index (χ4v) is 2.60. The zero-order valence-corrected chi connectivity index (χ0v) is 11.9. The van der Waals surface area contributed by atoms with Crippen molar-refractivity contribution < 1.29 is 9.90 Å². The molecule has 3 N–H and O–H groups in total. The number of fused-ring (bicyclic) bond motifs is 1. The Hall–Kier alpha value is -2.49. The molecular formula is C17H18N2O2. The van der Waals surface area contributed by atoms with E-state index < -0.39 is 0 Å². The lowest BCUT2D eigenvalue weighted by molar-refractivity contribution is -0.119. The molecule has 3 rings (SSSR count). The van der Waals surface area contributed by atoms with Crippen LogP contribution in [0.3, 0.4) is 0 Å². The van der Waals surface area contributed by atoms with Crippen LogP contribution in [0.25, 0.3) is 0 Å². The number of hydrogen-bond acceptors (Lipinski definition) is 3. The van der Waals surface area contributed by atoms with Crippen LogP contribution in [-0.2, 0) is 11.2 Å². The largest absolute Gasteiger partial charge is 0.508 e. The van der Waals surface area contributed by atoms with Gasteiger partial charge in [-0.1, -0.05) is 18.2 Å². The van der Waals surface area contributed by atoms with E-state index in [0.29, 0.717) is 12.2 Å². The summed E-state index contributed by atoms with van der Waals surface area (Å²) in [5, 5.41) is 15.7. The van der Waals surface area contributed by atoms with Crippen LogP contribution in [0.2, 0.25) is 0 Å². The zero-order chi connectivity index (χ0) is 14.8. The zero-order valence-electron chi connectivity index (χ0n) is 11.9. The number of anilines is 2. The summed E-state index contributed by atoms with van der Waals surface area (Å²) in [5.74, 6) is 0.150. The lowest BCUT2D eigenvalue weighted by Crippen LogP contribution is -2.33. The summed E-state index contributed by atoms with van der Waals surface area (Å²) >= 11 is 0. The molecular weight excluding hydrogens is 264 g/mol. The smallest absolute Gasteiger partial charge is 0.229 e. The molecule has 1 unspecified atom stereocenters. The topological polar surface area (TPSA) is 61.4 Å². The second-order valence-electron chi connectivity index (χ2n) is 5.43. The number of aromatic hydroxyl groups is 1. The SMILES string of the molecule is Cc1cc(NC(=O)C2CNc3ccccc3C2)ccc1O. The molecule has 0 saturated carbocycles. The second kappa shape index (κ2) is 5.48. The summed E-state index contributed by atoms with van der Waals surface area (Å²) in [6.07, 6.45) is 0.742. The molecule has 21 heavy (non-hydrogen) atoms. The Kier molecular flexibility index (Phi) is 3.52. The van der Waals surface area contributed by atoms with E-state index in [0.717, 1.165) is 17.7 Å². The van der Waals surface area contributed by atoms with Crippen molar-refractivity contribution in [2.45, 2.75) is 13.3 Å². The average molecular weight is 282 g/mol. The number of rotatable bonds is 2. The minimum Gasteiger partial charge on any atom is -0.508 e. The van der Waals surface area contributed by atoms with Gasteiger partial charge in [0.15, 0.2) is 0 Å². The Labute approximate surface area is 123 Å². The molecule has 0 bridgehead atoms. The molecule has 1 atom stereocenters. The van der Waals surface area contributed by atoms with E-state index in [1.54, 1.807) is 18.2 Å². The highest BCUT2D eigenvalue weighted by atomic mass is 16.3. The van der Waals surface area contributed by atoms with Crippen LogP contribution in [0.15, 0.2) is 42.5 Å². The predicted octanol–water partition coefficient (Wildman–Crippen LogP) is 2.92. The molecule has 0 aliphatic carbocycles. The summed E-state index contributed by atoms with van der Waals surface area (Å²) < 4.78 is 0. The molecule has 4 nitrogen and oxygen atoms in total. The van der Waals surface area contributed by atoms with Crippen molar-refractivity contribution in [1.82, 2.24) is 0 Å². The van der Waals surface area contributed by atoms with Crippen LogP contribution in [0.5, 0.6) is 5.75 Å². The minimum absolute atomic E-state index is 0.00194. The Bertz CT molecular complexity index is 682.